The van der Waals surface area contributed by atoms with Gasteiger partial charge in [-0.15, -0.1) is 0 Å². The van der Waals surface area contributed by atoms with E-state index in [1.165, 1.54) is 50.1 Å². The molecule has 0 aromatic heterocycles. The van der Waals surface area contributed by atoms with Crippen molar-refractivity contribution in [3.05, 3.63) is 142 Å². The second-order valence-corrected chi connectivity index (χ2v) is 10.5. The van der Waals surface area contributed by atoms with Gasteiger partial charge in [0, 0.05) is 5.56 Å². The Kier molecular flexibility index (Phi) is 6.80. The highest BCUT2D eigenvalue weighted by molar-refractivity contribution is 6.43. The van der Waals surface area contributed by atoms with Gasteiger partial charge in [0.2, 0.25) is 0 Å². The quantitative estimate of drug-likeness (QED) is 0.240. The summed E-state index contributed by atoms with van der Waals surface area (Å²) in [4.78, 5) is 12.0. The predicted molar refractivity (Wildman–Crippen MR) is 158 cm³/mol. The Morgan fingerprint density at radius 2 is 0.892 bits per heavy atom. The van der Waals surface area contributed by atoms with E-state index >= 15 is 0 Å². The van der Waals surface area contributed by atoms with E-state index in [4.69, 9.17) is 0 Å². The van der Waals surface area contributed by atoms with E-state index < -0.39 is 0 Å². The standard InChI is InChI=1S/C36H34O/c1-23(2)29-15-9-11-17-31(29)35-33(27-13-7-6-8-14-27)36(32-18-12-10-16-30(32)24(3)4)34(35)28-21-19-26(20-22-28)25(5)37/h6-24H,1-5H3. The smallest absolute Gasteiger partial charge is 0.159 e. The average Bonchev–Trinajstić information content (AvgIpc) is 2.89. The molecule has 0 radical (unpaired) electrons. The molecule has 0 saturated carbocycles. The molecule has 5 rings (SSSR count). The van der Waals surface area contributed by atoms with E-state index in [1.54, 1.807) is 6.92 Å². The second kappa shape index (κ2) is 10.2. The van der Waals surface area contributed by atoms with Crippen molar-refractivity contribution in [1.82, 2.24) is 0 Å². The molecule has 4 aromatic rings. The number of carbonyl (C=O) groups is 1. The Balaban J connectivity index is 1.86. The van der Waals surface area contributed by atoms with Crippen LogP contribution in [0.15, 0.2) is 103 Å². The lowest BCUT2D eigenvalue weighted by molar-refractivity contribution is 0.101. The van der Waals surface area contributed by atoms with E-state index in [1.807, 2.05) is 12.1 Å². The molecule has 1 heteroatoms. The summed E-state index contributed by atoms with van der Waals surface area (Å²) in [5, 5.41) is 0. The van der Waals surface area contributed by atoms with Gasteiger partial charge < -0.3 is 0 Å². The molecule has 0 amide bonds. The van der Waals surface area contributed by atoms with Crippen LogP contribution in [0.1, 0.15) is 90.2 Å². The molecule has 1 aliphatic carbocycles. The summed E-state index contributed by atoms with van der Waals surface area (Å²) in [6.07, 6.45) is 0. The third-order valence-corrected chi connectivity index (χ3v) is 7.35. The topological polar surface area (TPSA) is 17.1 Å². The normalized spacial score (nSPS) is 13.4. The number of hydrogen-bond donors (Lipinski definition) is 0. The maximum Gasteiger partial charge on any atom is 0.159 e. The fraction of sp³-hybridized carbons (Fsp3) is 0.194. The highest BCUT2D eigenvalue weighted by Gasteiger charge is 2.35. The van der Waals surface area contributed by atoms with Crippen molar-refractivity contribution in [1.29, 1.82) is 0 Å². The van der Waals surface area contributed by atoms with Crippen LogP contribution in [-0.4, -0.2) is 5.78 Å². The Hall–Kier alpha value is -3.97. The fourth-order valence-corrected chi connectivity index (χ4v) is 5.49. The van der Waals surface area contributed by atoms with Crippen LogP contribution in [0.3, 0.4) is 0 Å². The lowest BCUT2D eigenvalue weighted by Crippen LogP contribution is -2.13. The summed E-state index contributed by atoms with van der Waals surface area (Å²) < 4.78 is 0. The maximum atomic E-state index is 12.0. The van der Waals surface area contributed by atoms with Crippen molar-refractivity contribution in [3.63, 3.8) is 0 Å². The summed E-state index contributed by atoms with van der Waals surface area (Å²) in [6, 6.07) is 36.5. The minimum atomic E-state index is 0.0883. The predicted octanol–water partition coefficient (Wildman–Crippen LogP) is 9.67. The summed E-state index contributed by atoms with van der Waals surface area (Å²) >= 11 is 0. The third kappa shape index (κ3) is 4.51. The van der Waals surface area contributed by atoms with E-state index in [0.717, 1.165) is 11.1 Å². The molecule has 0 spiro atoms. The molecule has 0 bridgehead atoms. The van der Waals surface area contributed by atoms with Crippen LogP contribution in [0.5, 0.6) is 0 Å². The number of hydrogen-bond acceptors (Lipinski definition) is 1. The summed E-state index contributed by atoms with van der Waals surface area (Å²) in [5.41, 5.74) is 13.5. The van der Waals surface area contributed by atoms with Crippen molar-refractivity contribution in [2.24, 2.45) is 0 Å². The highest BCUT2D eigenvalue weighted by atomic mass is 16.1. The van der Waals surface area contributed by atoms with Gasteiger partial charge in [-0.05, 0) is 74.4 Å². The van der Waals surface area contributed by atoms with Crippen LogP contribution >= 0.6 is 0 Å². The molecule has 0 unspecified atom stereocenters. The van der Waals surface area contributed by atoms with Gasteiger partial charge in [0.15, 0.2) is 5.78 Å². The summed E-state index contributed by atoms with van der Waals surface area (Å²) in [5.74, 6) is 0.883. The third-order valence-electron chi connectivity index (χ3n) is 7.35. The van der Waals surface area contributed by atoms with Crippen molar-refractivity contribution in [3.8, 4) is 0 Å². The Labute approximate surface area is 221 Å². The monoisotopic (exact) mass is 482 g/mol. The van der Waals surface area contributed by atoms with E-state index in [0.29, 0.717) is 11.8 Å². The van der Waals surface area contributed by atoms with Gasteiger partial charge in [-0.1, -0.05) is 131 Å². The number of allylic oxidation sites excluding steroid dienone is 4. The molecule has 0 atom stereocenters. The van der Waals surface area contributed by atoms with E-state index in [9.17, 15) is 4.79 Å². The Morgan fingerprint density at radius 1 is 0.486 bits per heavy atom. The van der Waals surface area contributed by atoms with Crippen LogP contribution in [0.2, 0.25) is 0 Å². The SMILES string of the molecule is CC(=O)c1ccc(C2=C(c3ccccc3C(C)C)C(c3ccccc3)=C2c2ccccc2C(C)C)cc1. The van der Waals surface area contributed by atoms with Crippen molar-refractivity contribution < 1.29 is 4.79 Å². The lowest BCUT2D eigenvalue weighted by Gasteiger charge is -2.35. The highest BCUT2D eigenvalue weighted by Crippen LogP contribution is 2.57. The van der Waals surface area contributed by atoms with Crippen molar-refractivity contribution >= 4 is 28.1 Å². The van der Waals surface area contributed by atoms with Crippen molar-refractivity contribution in [2.75, 3.05) is 0 Å². The Bertz CT molecular complexity index is 1510. The van der Waals surface area contributed by atoms with E-state index in [2.05, 4.69) is 119 Å². The molecule has 0 aliphatic heterocycles. The molecule has 1 nitrogen and oxygen atoms in total. The van der Waals surface area contributed by atoms with Gasteiger partial charge in [-0.25, -0.2) is 0 Å². The minimum Gasteiger partial charge on any atom is -0.295 e. The zero-order valence-electron chi connectivity index (χ0n) is 22.4. The zero-order chi connectivity index (χ0) is 26.1. The fourth-order valence-electron chi connectivity index (χ4n) is 5.49. The van der Waals surface area contributed by atoms with E-state index in [-0.39, 0.29) is 5.78 Å². The van der Waals surface area contributed by atoms with Crippen molar-refractivity contribution in [2.45, 2.75) is 46.5 Å². The molecule has 0 saturated heterocycles. The largest absolute Gasteiger partial charge is 0.295 e. The van der Waals surface area contributed by atoms with Crippen LogP contribution in [-0.2, 0) is 0 Å². The first kappa shape index (κ1) is 24.7. The number of ketones is 1. The van der Waals surface area contributed by atoms with Gasteiger partial charge in [-0.2, -0.15) is 0 Å². The van der Waals surface area contributed by atoms with Crippen LogP contribution in [0, 0.1) is 0 Å². The minimum absolute atomic E-state index is 0.0883. The van der Waals surface area contributed by atoms with Crippen LogP contribution < -0.4 is 0 Å². The van der Waals surface area contributed by atoms with Crippen LogP contribution in [0.25, 0.3) is 22.3 Å². The van der Waals surface area contributed by atoms with Gasteiger partial charge in [0.25, 0.3) is 0 Å². The first-order valence-electron chi connectivity index (χ1n) is 13.2. The number of rotatable bonds is 7. The van der Waals surface area contributed by atoms with Gasteiger partial charge in [-0.3, -0.25) is 4.79 Å². The first-order valence-corrected chi connectivity index (χ1v) is 13.2. The van der Waals surface area contributed by atoms with Gasteiger partial charge in [0.05, 0.1) is 0 Å². The number of benzene rings is 4. The molecule has 184 valence electrons. The molecule has 4 aromatic carbocycles. The van der Waals surface area contributed by atoms with Gasteiger partial charge >= 0.3 is 0 Å². The number of Topliss-reactive ketones (excluding diaryl/α,β-unsaturated/α-hetero) is 1. The molecule has 37 heavy (non-hydrogen) atoms. The molecule has 0 fully saturated rings. The molecular formula is C36H34O. The maximum absolute atomic E-state index is 12.0. The summed E-state index contributed by atoms with van der Waals surface area (Å²) in [7, 11) is 0. The lowest BCUT2D eigenvalue weighted by atomic mass is 9.67. The number of carbonyl (C=O) groups excluding carboxylic acids is 1. The zero-order valence-corrected chi connectivity index (χ0v) is 22.4. The second-order valence-electron chi connectivity index (χ2n) is 10.5. The molecule has 1 aliphatic rings. The average molecular weight is 483 g/mol. The van der Waals surface area contributed by atoms with Gasteiger partial charge in [0.1, 0.15) is 0 Å². The molecule has 0 N–H and O–H groups in total. The molecule has 0 heterocycles. The molecular weight excluding hydrogens is 448 g/mol. The Morgan fingerprint density at radius 3 is 1.32 bits per heavy atom. The van der Waals surface area contributed by atoms with Crippen LogP contribution in [0.4, 0.5) is 0 Å². The first-order chi connectivity index (χ1) is 17.9. The summed E-state index contributed by atoms with van der Waals surface area (Å²) in [6.45, 7) is 10.7.